The molecule has 0 amide bonds. The molecule has 9 heavy (non-hydrogen) atoms. The average molecular weight is 143 g/mol. The molecule has 0 bridgehead atoms. The van der Waals surface area contributed by atoms with Crippen molar-refractivity contribution in [2.24, 2.45) is 0 Å². The molecular formula is C7H17NSi. The Morgan fingerprint density at radius 1 is 1.33 bits per heavy atom. The van der Waals surface area contributed by atoms with Crippen LogP contribution in [0.5, 0.6) is 0 Å². The van der Waals surface area contributed by atoms with E-state index in [0.29, 0.717) is 0 Å². The predicted molar refractivity (Wildman–Crippen MR) is 44.1 cm³/mol. The summed E-state index contributed by atoms with van der Waals surface area (Å²) in [5.41, 5.74) is 0. The van der Waals surface area contributed by atoms with Gasteiger partial charge in [-0.25, -0.2) is 0 Å². The molecule has 0 aliphatic carbocycles. The first-order valence-electron chi connectivity index (χ1n) is 4.08. The van der Waals surface area contributed by atoms with Crippen LogP contribution in [0.1, 0.15) is 20.3 Å². The Kier molecular flexibility index (Phi) is 2.30. The Labute approximate surface area is 58.9 Å². The van der Waals surface area contributed by atoms with Crippen LogP contribution in [0.3, 0.4) is 0 Å². The third-order valence-corrected chi connectivity index (χ3v) is 7.70. The van der Waals surface area contributed by atoms with Crippen LogP contribution in [0.4, 0.5) is 0 Å². The minimum Gasteiger partial charge on any atom is -0.337 e. The van der Waals surface area contributed by atoms with E-state index in [2.05, 4.69) is 18.8 Å². The molecule has 1 nitrogen and oxygen atoms in total. The van der Waals surface area contributed by atoms with E-state index in [9.17, 15) is 0 Å². The molecule has 1 N–H and O–H groups in total. The lowest BCUT2D eigenvalue weighted by molar-refractivity contribution is 0.924. The van der Waals surface area contributed by atoms with Gasteiger partial charge in [0.05, 0.1) is 0 Å². The lowest BCUT2D eigenvalue weighted by Gasteiger charge is -2.22. The van der Waals surface area contributed by atoms with Crippen LogP contribution in [0.2, 0.25) is 18.1 Å². The van der Waals surface area contributed by atoms with E-state index in [1.54, 1.807) is 0 Å². The van der Waals surface area contributed by atoms with Crippen molar-refractivity contribution in [1.29, 1.82) is 0 Å². The molecule has 0 unspecified atom stereocenters. The molecule has 0 spiro atoms. The van der Waals surface area contributed by atoms with Gasteiger partial charge in [0.1, 0.15) is 8.24 Å². The second-order valence-electron chi connectivity index (χ2n) is 3.02. The first-order valence-corrected chi connectivity index (χ1v) is 6.70. The summed E-state index contributed by atoms with van der Waals surface area (Å²) in [4.78, 5) is 3.71. The maximum Gasteiger partial charge on any atom is 0.125 e. The monoisotopic (exact) mass is 143 g/mol. The zero-order chi connectivity index (χ0) is 6.74. The van der Waals surface area contributed by atoms with Gasteiger partial charge in [-0.1, -0.05) is 13.8 Å². The smallest absolute Gasteiger partial charge is 0.125 e. The zero-order valence-electron chi connectivity index (χ0n) is 6.54. The second-order valence-corrected chi connectivity index (χ2v) is 7.85. The maximum atomic E-state index is 3.71. The summed E-state index contributed by atoms with van der Waals surface area (Å²) in [7, 11) is -0.830. The molecule has 0 saturated carbocycles. The molecule has 0 atom stereocenters. The summed E-state index contributed by atoms with van der Waals surface area (Å²) in [6, 6.07) is 4.40. The Morgan fingerprint density at radius 3 is 2.22 bits per heavy atom. The highest BCUT2D eigenvalue weighted by molar-refractivity contribution is 6.77. The summed E-state index contributed by atoms with van der Waals surface area (Å²) < 4.78 is 0. The molecular weight excluding hydrogens is 126 g/mol. The molecule has 1 saturated heterocycles. The van der Waals surface area contributed by atoms with Crippen LogP contribution < -0.4 is 4.98 Å². The first kappa shape index (κ1) is 7.29. The van der Waals surface area contributed by atoms with Crippen LogP contribution in [0.15, 0.2) is 0 Å². The van der Waals surface area contributed by atoms with Gasteiger partial charge in [-0.3, -0.25) is 0 Å². The highest BCUT2D eigenvalue weighted by Gasteiger charge is 2.31. The van der Waals surface area contributed by atoms with Gasteiger partial charge in [-0.15, -0.1) is 0 Å². The van der Waals surface area contributed by atoms with Gasteiger partial charge >= 0.3 is 0 Å². The van der Waals surface area contributed by atoms with E-state index in [1.165, 1.54) is 31.1 Å². The maximum absolute atomic E-state index is 3.71. The van der Waals surface area contributed by atoms with E-state index in [0.717, 1.165) is 0 Å². The lowest BCUT2D eigenvalue weighted by atomic mass is 10.5. The summed E-state index contributed by atoms with van der Waals surface area (Å²) in [6.07, 6.45) is 1.44. The van der Waals surface area contributed by atoms with Gasteiger partial charge in [0.25, 0.3) is 0 Å². The van der Waals surface area contributed by atoms with Crippen LogP contribution in [0.25, 0.3) is 0 Å². The Morgan fingerprint density at radius 2 is 2.00 bits per heavy atom. The fourth-order valence-corrected chi connectivity index (χ4v) is 5.17. The van der Waals surface area contributed by atoms with E-state index in [-0.39, 0.29) is 0 Å². The molecule has 1 aliphatic rings. The summed E-state index contributed by atoms with van der Waals surface area (Å²) in [6.45, 7) is 5.98. The van der Waals surface area contributed by atoms with Crippen LogP contribution in [0, 0.1) is 0 Å². The normalized spacial score (nSPS) is 24.7. The molecule has 0 aromatic rings. The Balaban J connectivity index is 2.45. The minimum atomic E-state index is -0.830. The van der Waals surface area contributed by atoms with Crippen LogP contribution in [-0.4, -0.2) is 14.8 Å². The number of hydrogen-bond acceptors (Lipinski definition) is 1. The van der Waals surface area contributed by atoms with Gasteiger partial charge in [0.15, 0.2) is 0 Å². The molecule has 2 heteroatoms. The summed E-state index contributed by atoms with van der Waals surface area (Å²) >= 11 is 0. The third kappa shape index (κ3) is 1.35. The first-order chi connectivity index (χ1) is 4.33. The van der Waals surface area contributed by atoms with Gasteiger partial charge in [0.2, 0.25) is 0 Å². The zero-order valence-corrected chi connectivity index (χ0v) is 7.54. The van der Waals surface area contributed by atoms with Crippen LogP contribution >= 0.6 is 0 Å². The molecule has 1 fully saturated rings. The average Bonchev–Trinajstić information content (AvgIpc) is 2.36. The molecule has 1 rings (SSSR count). The lowest BCUT2D eigenvalue weighted by Crippen LogP contribution is -2.43. The predicted octanol–water partition coefficient (Wildman–Crippen LogP) is 1.96. The highest BCUT2D eigenvalue weighted by Crippen LogP contribution is 2.23. The quantitative estimate of drug-likeness (QED) is 0.583. The van der Waals surface area contributed by atoms with Crippen molar-refractivity contribution in [2.75, 3.05) is 6.54 Å². The topological polar surface area (TPSA) is 12.0 Å². The Hall–Kier alpha value is 0.177. The standard InChI is InChI=1S/C7H17NSi/c1-3-9(4-2)7-5-6-8-9/h8H,3-7H2,1-2H3. The SMILES string of the molecule is CC[Si]1(CC)CCCN1. The third-order valence-electron chi connectivity index (χ3n) is 2.69. The number of hydrogen-bond donors (Lipinski definition) is 1. The second kappa shape index (κ2) is 2.84. The van der Waals surface area contributed by atoms with Crippen molar-refractivity contribution in [1.82, 2.24) is 4.98 Å². The fourth-order valence-electron chi connectivity index (χ4n) is 1.72. The van der Waals surface area contributed by atoms with Gasteiger partial charge in [-0.05, 0) is 31.1 Å². The molecule has 1 heterocycles. The van der Waals surface area contributed by atoms with Gasteiger partial charge in [0, 0.05) is 0 Å². The minimum absolute atomic E-state index is 0.830. The largest absolute Gasteiger partial charge is 0.337 e. The molecule has 0 aromatic heterocycles. The van der Waals surface area contributed by atoms with Crippen LogP contribution in [-0.2, 0) is 0 Å². The van der Waals surface area contributed by atoms with Crippen molar-refractivity contribution in [3.63, 3.8) is 0 Å². The van der Waals surface area contributed by atoms with Gasteiger partial charge < -0.3 is 4.98 Å². The molecule has 0 radical (unpaired) electrons. The van der Waals surface area contributed by atoms with E-state index < -0.39 is 8.24 Å². The highest BCUT2D eigenvalue weighted by atomic mass is 28.3. The van der Waals surface area contributed by atoms with Crippen molar-refractivity contribution in [2.45, 2.75) is 38.4 Å². The van der Waals surface area contributed by atoms with Crippen molar-refractivity contribution in [3.05, 3.63) is 0 Å². The van der Waals surface area contributed by atoms with E-state index in [1.807, 2.05) is 0 Å². The van der Waals surface area contributed by atoms with Crippen molar-refractivity contribution in [3.8, 4) is 0 Å². The number of nitrogens with one attached hydrogen (secondary N) is 1. The fraction of sp³-hybridized carbons (Fsp3) is 1.00. The summed E-state index contributed by atoms with van der Waals surface area (Å²) in [5, 5.41) is 0. The van der Waals surface area contributed by atoms with E-state index in [4.69, 9.17) is 0 Å². The molecule has 0 aromatic carbocycles. The summed E-state index contributed by atoms with van der Waals surface area (Å²) in [5.74, 6) is 0. The van der Waals surface area contributed by atoms with Crippen molar-refractivity contribution < 1.29 is 0 Å². The Bertz CT molecular complexity index is 80.9. The molecule has 54 valence electrons. The van der Waals surface area contributed by atoms with E-state index >= 15 is 0 Å². The van der Waals surface area contributed by atoms with Crippen molar-refractivity contribution >= 4 is 8.24 Å². The molecule has 1 aliphatic heterocycles. The van der Waals surface area contributed by atoms with Gasteiger partial charge in [-0.2, -0.15) is 0 Å². The number of rotatable bonds is 2.